The predicted molar refractivity (Wildman–Crippen MR) is 155 cm³/mol. The molecule has 12 heteroatoms. The summed E-state index contributed by atoms with van der Waals surface area (Å²) in [6, 6.07) is 5.73. The summed E-state index contributed by atoms with van der Waals surface area (Å²) in [6.45, 7) is 4.86. The lowest BCUT2D eigenvalue weighted by Gasteiger charge is -2.30. The van der Waals surface area contributed by atoms with Crippen LogP contribution in [-0.4, -0.2) is 88.8 Å². The number of benzene rings is 1. The Bertz CT molecular complexity index is 1080. The Morgan fingerprint density at radius 1 is 1.05 bits per heavy atom. The first kappa shape index (κ1) is 31.2. The molecule has 1 aromatic rings. The molecule has 0 bridgehead atoms. The van der Waals surface area contributed by atoms with Crippen molar-refractivity contribution in [1.29, 1.82) is 0 Å². The molecule has 0 radical (unpaired) electrons. The van der Waals surface area contributed by atoms with Crippen LogP contribution in [-0.2, 0) is 31.0 Å². The van der Waals surface area contributed by atoms with Crippen LogP contribution in [0, 0.1) is 11.8 Å². The molecular weight excluding hydrogens is 554 g/mol. The maximum absolute atomic E-state index is 13.9. The van der Waals surface area contributed by atoms with Crippen molar-refractivity contribution in [3.05, 3.63) is 34.9 Å². The second kappa shape index (κ2) is 14.9. The van der Waals surface area contributed by atoms with Crippen LogP contribution in [0.4, 0.5) is 0 Å². The Kier molecular flexibility index (Phi) is 11.6. The molecule has 224 valence electrons. The van der Waals surface area contributed by atoms with Crippen LogP contribution in [0.25, 0.3) is 0 Å². The number of ether oxygens (including phenoxy) is 1. The highest BCUT2D eigenvalue weighted by Crippen LogP contribution is 2.26. The van der Waals surface area contributed by atoms with Crippen LogP contribution in [0.1, 0.15) is 50.5 Å². The van der Waals surface area contributed by atoms with Crippen molar-refractivity contribution in [3.8, 4) is 0 Å². The summed E-state index contributed by atoms with van der Waals surface area (Å²) >= 11 is 6.00. The Morgan fingerprint density at radius 2 is 1.68 bits per heavy atom. The third-order valence-electron chi connectivity index (χ3n) is 8.25. The number of likely N-dealkylation sites (tertiary alicyclic amines) is 1. The summed E-state index contributed by atoms with van der Waals surface area (Å²) in [6.07, 6.45) is 6.23. The van der Waals surface area contributed by atoms with Crippen molar-refractivity contribution in [3.63, 3.8) is 0 Å². The zero-order chi connectivity index (χ0) is 28.5. The molecule has 2 amide bonds. The van der Waals surface area contributed by atoms with Gasteiger partial charge >= 0.3 is 0 Å². The van der Waals surface area contributed by atoms with Crippen molar-refractivity contribution in [2.24, 2.45) is 11.8 Å². The van der Waals surface area contributed by atoms with E-state index < -0.39 is 22.1 Å². The number of amides is 2. The number of carbonyl (C=O) groups excluding carboxylic acids is 2. The van der Waals surface area contributed by atoms with Gasteiger partial charge in [0.15, 0.2) is 0 Å². The average molecular weight is 598 g/mol. The summed E-state index contributed by atoms with van der Waals surface area (Å²) in [5, 5.41) is 10.4. The van der Waals surface area contributed by atoms with Gasteiger partial charge < -0.3 is 25.6 Å². The van der Waals surface area contributed by atoms with E-state index in [4.69, 9.17) is 16.3 Å². The number of piperidine rings is 2. The van der Waals surface area contributed by atoms with Crippen LogP contribution in [0.15, 0.2) is 24.3 Å². The molecule has 3 saturated heterocycles. The third kappa shape index (κ3) is 9.66. The fourth-order valence-corrected chi connectivity index (χ4v) is 6.78. The minimum absolute atomic E-state index is 0.207. The van der Waals surface area contributed by atoms with Gasteiger partial charge in [0.1, 0.15) is 12.1 Å². The van der Waals surface area contributed by atoms with Gasteiger partial charge in [0, 0.05) is 24.5 Å². The molecule has 3 aliphatic rings. The second-order valence-electron chi connectivity index (χ2n) is 11.5. The zero-order valence-corrected chi connectivity index (χ0v) is 24.9. The first-order valence-electron chi connectivity index (χ1n) is 14.5. The Hall–Kier alpha value is -1.76. The molecule has 3 atom stereocenters. The Balaban J connectivity index is 1.45. The lowest BCUT2D eigenvalue weighted by molar-refractivity contribution is -0.140. The van der Waals surface area contributed by atoms with E-state index in [1.807, 2.05) is 12.1 Å². The highest BCUT2D eigenvalue weighted by atomic mass is 35.5. The van der Waals surface area contributed by atoms with Gasteiger partial charge in [-0.15, -0.1) is 0 Å². The van der Waals surface area contributed by atoms with E-state index in [0.29, 0.717) is 42.9 Å². The van der Waals surface area contributed by atoms with Gasteiger partial charge in [-0.25, -0.2) is 13.1 Å². The smallest absolute Gasteiger partial charge is 0.242 e. The predicted octanol–water partition coefficient (Wildman–Crippen LogP) is 1.64. The summed E-state index contributed by atoms with van der Waals surface area (Å²) in [5.41, 5.74) is 0.944. The number of sulfonamides is 1. The molecule has 4 N–H and O–H groups in total. The topological polar surface area (TPSA) is 129 Å². The SMILES string of the molecule is CS(=O)(=O)N[C@H](CCC1CCNCC1)C(=O)N1C[C@H](OCc2ccc(Cl)cc2)C[C@H]1C(=O)NCC1CCNCC1. The van der Waals surface area contributed by atoms with E-state index in [9.17, 15) is 18.0 Å². The quantitative estimate of drug-likeness (QED) is 0.288. The molecule has 3 aliphatic heterocycles. The molecular formula is C28H44ClN5O5S. The zero-order valence-electron chi connectivity index (χ0n) is 23.4. The van der Waals surface area contributed by atoms with Crippen molar-refractivity contribution < 1.29 is 22.7 Å². The highest BCUT2D eigenvalue weighted by molar-refractivity contribution is 7.88. The monoisotopic (exact) mass is 597 g/mol. The fraction of sp³-hybridized carbons (Fsp3) is 0.714. The van der Waals surface area contributed by atoms with Gasteiger partial charge in [-0.3, -0.25) is 9.59 Å². The van der Waals surface area contributed by atoms with Crippen LogP contribution in [0.2, 0.25) is 5.02 Å². The molecule has 40 heavy (non-hydrogen) atoms. The molecule has 0 aromatic heterocycles. The van der Waals surface area contributed by atoms with Gasteiger partial charge in [0.2, 0.25) is 21.8 Å². The normalized spacial score (nSPS) is 23.7. The van der Waals surface area contributed by atoms with E-state index in [1.54, 1.807) is 12.1 Å². The Morgan fingerprint density at radius 3 is 2.30 bits per heavy atom. The fourth-order valence-electron chi connectivity index (χ4n) is 5.92. The number of carbonyl (C=O) groups is 2. The van der Waals surface area contributed by atoms with Gasteiger partial charge in [-0.05, 0) is 94.2 Å². The molecule has 0 spiro atoms. The number of nitrogens with zero attached hydrogens (tertiary/aromatic N) is 1. The highest BCUT2D eigenvalue weighted by Gasteiger charge is 2.43. The number of hydrogen-bond donors (Lipinski definition) is 4. The lowest BCUT2D eigenvalue weighted by Crippen LogP contribution is -2.54. The van der Waals surface area contributed by atoms with Gasteiger partial charge in [0.25, 0.3) is 0 Å². The Labute approximate surface area is 243 Å². The summed E-state index contributed by atoms with van der Waals surface area (Å²) in [5.74, 6) is 0.272. The van der Waals surface area contributed by atoms with Crippen LogP contribution in [0.3, 0.4) is 0 Å². The molecule has 4 rings (SSSR count). The van der Waals surface area contributed by atoms with Crippen molar-refractivity contribution in [1.82, 2.24) is 25.6 Å². The molecule has 0 saturated carbocycles. The lowest BCUT2D eigenvalue weighted by atomic mass is 9.91. The largest absolute Gasteiger partial charge is 0.372 e. The van der Waals surface area contributed by atoms with Crippen LogP contribution in [0.5, 0.6) is 0 Å². The number of rotatable bonds is 12. The van der Waals surface area contributed by atoms with Crippen LogP contribution < -0.4 is 20.7 Å². The minimum Gasteiger partial charge on any atom is -0.372 e. The van der Waals surface area contributed by atoms with E-state index in [-0.39, 0.29) is 24.5 Å². The van der Waals surface area contributed by atoms with Crippen molar-refractivity contribution in [2.45, 2.75) is 69.7 Å². The summed E-state index contributed by atoms with van der Waals surface area (Å²) in [4.78, 5) is 28.9. The van der Waals surface area contributed by atoms with E-state index >= 15 is 0 Å². The van der Waals surface area contributed by atoms with Gasteiger partial charge in [-0.1, -0.05) is 23.7 Å². The third-order valence-corrected chi connectivity index (χ3v) is 9.21. The number of halogens is 1. The van der Waals surface area contributed by atoms with E-state index in [2.05, 4.69) is 20.7 Å². The van der Waals surface area contributed by atoms with Crippen LogP contribution >= 0.6 is 11.6 Å². The van der Waals surface area contributed by atoms with E-state index in [0.717, 1.165) is 70.1 Å². The molecule has 10 nitrogen and oxygen atoms in total. The summed E-state index contributed by atoms with van der Waals surface area (Å²) < 4.78 is 33.2. The second-order valence-corrected chi connectivity index (χ2v) is 13.7. The maximum atomic E-state index is 13.9. The first-order valence-corrected chi connectivity index (χ1v) is 16.8. The molecule has 3 fully saturated rings. The number of hydrogen-bond acceptors (Lipinski definition) is 7. The van der Waals surface area contributed by atoms with Crippen molar-refractivity contribution >= 4 is 33.4 Å². The van der Waals surface area contributed by atoms with Gasteiger partial charge in [-0.2, -0.15) is 0 Å². The first-order chi connectivity index (χ1) is 19.2. The maximum Gasteiger partial charge on any atom is 0.242 e. The average Bonchev–Trinajstić information content (AvgIpc) is 3.38. The molecule has 3 heterocycles. The molecule has 0 unspecified atom stereocenters. The minimum atomic E-state index is -3.63. The van der Waals surface area contributed by atoms with Gasteiger partial charge in [0.05, 0.1) is 19.0 Å². The molecule has 0 aliphatic carbocycles. The summed E-state index contributed by atoms with van der Waals surface area (Å²) in [7, 11) is -3.63. The number of nitrogens with one attached hydrogen (secondary N) is 4. The van der Waals surface area contributed by atoms with Crippen molar-refractivity contribution in [2.75, 3.05) is 45.5 Å². The van der Waals surface area contributed by atoms with E-state index in [1.165, 1.54) is 4.90 Å². The molecule has 1 aromatic carbocycles. The standard InChI is InChI=1S/C28H44ClN5O5S/c1-40(37,38)33-25(7-4-20-8-12-30-13-9-20)28(36)34-18-24(39-19-22-2-5-23(29)6-3-22)16-26(34)27(35)32-17-21-10-14-31-15-11-21/h2-3,5-6,20-21,24-26,30-31,33H,4,7-19H2,1H3,(H,32,35)/t24-,25-,26+/m1/s1.